The maximum atomic E-state index is 9.86. The molecule has 1 heterocycles. The van der Waals surface area contributed by atoms with Crippen molar-refractivity contribution in [1.29, 1.82) is 0 Å². The van der Waals surface area contributed by atoms with Gasteiger partial charge in [0.25, 0.3) is 0 Å². The quantitative estimate of drug-likeness (QED) is 0.874. The normalized spacial score (nSPS) is 13.2. The molecule has 17 heavy (non-hydrogen) atoms. The number of aliphatic hydroxyl groups excluding tert-OH is 1. The fourth-order valence-corrected chi connectivity index (χ4v) is 2.73. The molecule has 2 rings (SSSR count). The van der Waals surface area contributed by atoms with E-state index in [1.807, 2.05) is 6.07 Å². The number of hydrogen-bond donors (Lipinski definition) is 1. The topological polar surface area (TPSA) is 25.2 Å². The highest BCUT2D eigenvalue weighted by atomic mass is 35.5. The van der Waals surface area contributed by atoms with Crippen LogP contribution in [0.3, 0.4) is 0 Å². The van der Waals surface area contributed by atoms with Crippen LogP contribution < -0.4 is 0 Å². The van der Waals surface area contributed by atoms with Gasteiger partial charge in [-0.2, -0.15) is 0 Å². The monoisotopic (exact) mass is 251 g/mol. The summed E-state index contributed by atoms with van der Waals surface area (Å²) in [7, 11) is 0. The van der Waals surface area contributed by atoms with E-state index in [4.69, 9.17) is 11.6 Å². The van der Waals surface area contributed by atoms with Crippen molar-refractivity contribution >= 4 is 22.5 Å². The number of rotatable bonds is 3. The van der Waals surface area contributed by atoms with E-state index in [0.717, 1.165) is 29.4 Å². The third-order valence-electron chi connectivity index (χ3n) is 3.06. The van der Waals surface area contributed by atoms with E-state index in [2.05, 4.69) is 30.5 Å². The van der Waals surface area contributed by atoms with Crippen molar-refractivity contribution in [3.63, 3.8) is 0 Å². The second-order valence-corrected chi connectivity index (χ2v) is 4.91. The van der Waals surface area contributed by atoms with Gasteiger partial charge in [0.05, 0.1) is 6.10 Å². The van der Waals surface area contributed by atoms with Gasteiger partial charge in [-0.25, -0.2) is 0 Å². The molecule has 1 atom stereocenters. The minimum Gasteiger partial charge on any atom is -0.389 e. The fourth-order valence-electron chi connectivity index (χ4n) is 2.29. The van der Waals surface area contributed by atoms with Crippen molar-refractivity contribution in [3.8, 4) is 0 Å². The smallest absolute Gasteiger partial charge is 0.115 e. The van der Waals surface area contributed by atoms with Gasteiger partial charge in [-0.3, -0.25) is 0 Å². The molecular weight excluding hydrogens is 234 g/mol. The van der Waals surface area contributed by atoms with Crippen LogP contribution in [0.2, 0.25) is 5.15 Å². The summed E-state index contributed by atoms with van der Waals surface area (Å²) in [5.41, 5.74) is 3.17. The van der Waals surface area contributed by atoms with E-state index in [9.17, 15) is 5.11 Å². The Morgan fingerprint density at radius 1 is 1.41 bits per heavy atom. The minimum atomic E-state index is -0.536. The first kappa shape index (κ1) is 12.5. The molecule has 1 unspecified atom stereocenters. The number of hydrogen-bond acceptors (Lipinski definition) is 1. The first-order valence-corrected chi connectivity index (χ1v) is 6.40. The Morgan fingerprint density at radius 3 is 2.71 bits per heavy atom. The van der Waals surface area contributed by atoms with E-state index < -0.39 is 6.10 Å². The van der Waals surface area contributed by atoms with Crippen LogP contribution in [0.15, 0.2) is 18.2 Å². The zero-order valence-electron chi connectivity index (χ0n) is 10.5. The molecule has 92 valence electrons. The second-order valence-electron chi connectivity index (χ2n) is 4.55. The van der Waals surface area contributed by atoms with Gasteiger partial charge in [-0.1, -0.05) is 30.7 Å². The van der Waals surface area contributed by atoms with Crippen LogP contribution in [0.25, 0.3) is 10.9 Å². The van der Waals surface area contributed by atoms with Gasteiger partial charge < -0.3 is 9.67 Å². The van der Waals surface area contributed by atoms with Gasteiger partial charge in [-0.15, -0.1) is 0 Å². The third-order valence-corrected chi connectivity index (χ3v) is 3.47. The predicted octanol–water partition coefficient (Wildman–Crippen LogP) is 4.07. The van der Waals surface area contributed by atoms with E-state index >= 15 is 0 Å². The Hall–Kier alpha value is -0.990. The number of aromatic nitrogens is 1. The van der Waals surface area contributed by atoms with Gasteiger partial charge in [0.2, 0.25) is 0 Å². The molecule has 0 spiro atoms. The molecule has 0 aliphatic rings. The molecule has 0 aliphatic carbocycles. The van der Waals surface area contributed by atoms with Crippen molar-refractivity contribution in [2.45, 2.75) is 39.8 Å². The number of nitrogens with zero attached hydrogens (tertiary/aromatic N) is 1. The van der Waals surface area contributed by atoms with Gasteiger partial charge in [0, 0.05) is 23.0 Å². The van der Waals surface area contributed by atoms with E-state index in [1.54, 1.807) is 6.92 Å². The van der Waals surface area contributed by atoms with Crippen LogP contribution in [-0.2, 0) is 6.54 Å². The zero-order chi connectivity index (χ0) is 12.6. The molecule has 3 heteroatoms. The number of aryl methyl sites for hydroxylation is 2. The van der Waals surface area contributed by atoms with E-state index in [-0.39, 0.29) is 0 Å². The average Bonchev–Trinajstić information content (AvgIpc) is 2.53. The molecule has 0 bridgehead atoms. The Bertz CT molecular complexity index is 543. The molecule has 2 nitrogen and oxygen atoms in total. The molecule has 0 radical (unpaired) electrons. The zero-order valence-corrected chi connectivity index (χ0v) is 11.3. The van der Waals surface area contributed by atoms with Crippen LogP contribution in [0.4, 0.5) is 0 Å². The molecule has 1 aromatic carbocycles. The van der Waals surface area contributed by atoms with Crippen molar-refractivity contribution in [2.24, 2.45) is 0 Å². The maximum Gasteiger partial charge on any atom is 0.115 e. The largest absolute Gasteiger partial charge is 0.389 e. The first-order valence-electron chi connectivity index (χ1n) is 6.02. The van der Waals surface area contributed by atoms with Gasteiger partial charge >= 0.3 is 0 Å². The fraction of sp³-hybridized carbons (Fsp3) is 0.429. The summed E-state index contributed by atoms with van der Waals surface area (Å²) < 4.78 is 2.09. The molecule has 0 aliphatic heterocycles. The van der Waals surface area contributed by atoms with Gasteiger partial charge in [0.1, 0.15) is 5.15 Å². The predicted molar refractivity (Wildman–Crippen MR) is 72.6 cm³/mol. The summed E-state index contributed by atoms with van der Waals surface area (Å²) in [6, 6.07) is 6.23. The molecule has 0 fully saturated rings. The number of fused-ring (bicyclic) bond motifs is 1. The van der Waals surface area contributed by atoms with Gasteiger partial charge in [0.15, 0.2) is 0 Å². The Morgan fingerprint density at radius 2 is 2.12 bits per heavy atom. The van der Waals surface area contributed by atoms with Crippen LogP contribution in [0.1, 0.15) is 37.5 Å². The molecule has 0 amide bonds. The lowest BCUT2D eigenvalue weighted by Crippen LogP contribution is -1.97. The average molecular weight is 252 g/mol. The number of halogens is 1. The van der Waals surface area contributed by atoms with Gasteiger partial charge in [-0.05, 0) is 31.9 Å². The van der Waals surface area contributed by atoms with Crippen LogP contribution in [0, 0.1) is 6.92 Å². The maximum absolute atomic E-state index is 9.86. The number of benzene rings is 1. The molecule has 2 aromatic rings. The highest BCUT2D eigenvalue weighted by Gasteiger charge is 2.18. The van der Waals surface area contributed by atoms with Crippen LogP contribution >= 0.6 is 11.6 Å². The Kier molecular flexibility index (Phi) is 3.45. The highest BCUT2D eigenvalue weighted by Crippen LogP contribution is 2.35. The summed E-state index contributed by atoms with van der Waals surface area (Å²) in [6.07, 6.45) is 0.488. The number of aliphatic hydroxyl groups is 1. The first-order chi connectivity index (χ1) is 8.06. The summed E-state index contributed by atoms with van der Waals surface area (Å²) in [5.74, 6) is 0. The van der Waals surface area contributed by atoms with Crippen molar-refractivity contribution in [3.05, 3.63) is 34.5 Å². The molecule has 0 saturated heterocycles. The lowest BCUT2D eigenvalue weighted by Gasteiger charge is -2.06. The SMILES string of the molecule is CCCn1c(Cl)c(C(C)O)c2ccc(C)cc21. The Balaban J connectivity index is 2.78. The summed E-state index contributed by atoms with van der Waals surface area (Å²) in [5, 5.41) is 11.6. The minimum absolute atomic E-state index is 0.536. The lowest BCUT2D eigenvalue weighted by atomic mass is 10.1. The summed E-state index contributed by atoms with van der Waals surface area (Å²) >= 11 is 6.38. The second kappa shape index (κ2) is 4.71. The molecular formula is C14H18ClNO. The molecule has 1 aromatic heterocycles. The standard InChI is InChI=1S/C14H18ClNO/c1-4-7-16-12-8-9(2)5-6-11(12)13(10(3)17)14(16)15/h5-6,8,10,17H,4,7H2,1-3H3. The highest BCUT2D eigenvalue weighted by molar-refractivity contribution is 6.32. The molecule has 1 N–H and O–H groups in total. The summed E-state index contributed by atoms with van der Waals surface area (Å²) in [6.45, 7) is 6.83. The summed E-state index contributed by atoms with van der Waals surface area (Å²) in [4.78, 5) is 0. The van der Waals surface area contributed by atoms with E-state index in [0.29, 0.717) is 5.15 Å². The van der Waals surface area contributed by atoms with Crippen molar-refractivity contribution in [2.75, 3.05) is 0 Å². The lowest BCUT2D eigenvalue weighted by molar-refractivity contribution is 0.200. The van der Waals surface area contributed by atoms with Crippen LogP contribution in [-0.4, -0.2) is 9.67 Å². The Labute approximate surface area is 107 Å². The van der Waals surface area contributed by atoms with Crippen molar-refractivity contribution < 1.29 is 5.11 Å². The van der Waals surface area contributed by atoms with E-state index in [1.165, 1.54) is 5.56 Å². The molecule has 0 saturated carbocycles. The van der Waals surface area contributed by atoms with Crippen molar-refractivity contribution in [1.82, 2.24) is 4.57 Å². The third kappa shape index (κ3) is 2.07. The van der Waals surface area contributed by atoms with Crippen LogP contribution in [0.5, 0.6) is 0 Å².